The molecule has 0 amide bonds. The lowest BCUT2D eigenvalue weighted by molar-refractivity contribution is -0.137. The smallest absolute Gasteiger partial charge is 0.379 e. The Morgan fingerprint density at radius 3 is 2.12 bits per heavy atom. The third-order valence-corrected chi connectivity index (χ3v) is 2.46. The van der Waals surface area contributed by atoms with Crippen LogP contribution in [0.5, 0.6) is 0 Å². The number of thioether (sulfide) groups is 1. The average molecular weight is 315 g/mol. The SMILES string of the molecule is Br.N=C(N)SCc1ccc(C(F)(F)F)cc1. The number of hydrogen-bond donors (Lipinski definition) is 2. The molecule has 1 aromatic carbocycles. The first-order valence-corrected chi connectivity index (χ1v) is 5.01. The van der Waals surface area contributed by atoms with Crippen LogP contribution < -0.4 is 5.73 Å². The maximum absolute atomic E-state index is 12.2. The van der Waals surface area contributed by atoms with E-state index in [-0.39, 0.29) is 22.1 Å². The highest BCUT2D eigenvalue weighted by Crippen LogP contribution is 2.29. The van der Waals surface area contributed by atoms with Gasteiger partial charge in [0, 0.05) is 5.75 Å². The fourth-order valence-corrected chi connectivity index (χ4v) is 1.47. The Labute approximate surface area is 106 Å². The normalized spacial score (nSPS) is 10.7. The van der Waals surface area contributed by atoms with E-state index >= 15 is 0 Å². The summed E-state index contributed by atoms with van der Waals surface area (Å²) < 4.78 is 36.5. The summed E-state index contributed by atoms with van der Waals surface area (Å²) in [5.41, 5.74) is 5.15. The molecule has 16 heavy (non-hydrogen) atoms. The van der Waals surface area contributed by atoms with Gasteiger partial charge in [0.1, 0.15) is 0 Å². The van der Waals surface area contributed by atoms with Crippen LogP contribution in [0.15, 0.2) is 24.3 Å². The lowest BCUT2D eigenvalue weighted by Crippen LogP contribution is -2.05. The summed E-state index contributed by atoms with van der Waals surface area (Å²) in [6.07, 6.45) is -4.30. The van der Waals surface area contributed by atoms with Crippen molar-refractivity contribution >= 4 is 33.9 Å². The molecule has 1 rings (SSSR count). The molecule has 0 aliphatic rings. The number of amidine groups is 1. The molecule has 2 nitrogen and oxygen atoms in total. The Morgan fingerprint density at radius 2 is 1.75 bits per heavy atom. The zero-order valence-electron chi connectivity index (χ0n) is 8.04. The molecule has 0 atom stereocenters. The van der Waals surface area contributed by atoms with Gasteiger partial charge in [-0.1, -0.05) is 23.9 Å². The minimum absolute atomic E-state index is 0. The third-order valence-electron chi connectivity index (χ3n) is 1.68. The molecule has 1 aromatic rings. The lowest BCUT2D eigenvalue weighted by Gasteiger charge is -2.07. The Bertz CT molecular complexity index is 351. The van der Waals surface area contributed by atoms with E-state index in [0.29, 0.717) is 11.3 Å². The molecular weight excluding hydrogens is 305 g/mol. The molecule has 0 unspecified atom stereocenters. The van der Waals surface area contributed by atoms with E-state index in [9.17, 15) is 13.2 Å². The van der Waals surface area contributed by atoms with E-state index in [4.69, 9.17) is 11.1 Å². The molecule has 0 saturated carbocycles. The van der Waals surface area contributed by atoms with Crippen LogP contribution in [-0.4, -0.2) is 5.17 Å². The zero-order valence-corrected chi connectivity index (χ0v) is 10.6. The first-order chi connectivity index (χ1) is 6.89. The molecule has 0 bridgehead atoms. The summed E-state index contributed by atoms with van der Waals surface area (Å²) in [5, 5.41) is 6.90. The minimum atomic E-state index is -4.30. The van der Waals surface area contributed by atoms with Gasteiger partial charge in [-0.2, -0.15) is 13.2 Å². The van der Waals surface area contributed by atoms with Crippen molar-refractivity contribution < 1.29 is 13.2 Å². The van der Waals surface area contributed by atoms with Gasteiger partial charge in [-0.05, 0) is 17.7 Å². The number of nitrogens with one attached hydrogen (secondary N) is 1. The van der Waals surface area contributed by atoms with Gasteiger partial charge in [-0.3, -0.25) is 5.41 Å². The van der Waals surface area contributed by atoms with E-state index < -0.39 is 11.7 Å². The summed E-state index contributed by atoms with van der Waals surface area (Å²) in [4.78, 5) is 0. The van der Waals surface area contributed by atoms with Crippen molar-refractivity contribution in [2.24, 2.45) is 5.73 Å². The van der Waals surface area contributed by atoms with Crippen molar-refractivity contribution in [3.63, 3.8) is 0 Å². The number of nitrogens with two attached hydrogens (primary N) is 1. The molecule has 0 aliphatic carbocycles. The van der Waals surface area contributed by atoms with Gasteiger partial charge in [0.05, 0.1) is 5.56 Å². The van der Waals surface area contributed by atoms with E-state index in [2.05, 4.69) is 0 Å². The minimum Gasteiger partial charge on any atom is -0.379 e. The van der Waals surface area contributed by atoms with Crippen molar-refractivity contribution in [3.05, 3.63) is 35.4 Å². The van der Waals surface area contributed by atoms with Crippen molar-refractivity contribution in [1.82, 2.24) is 0 Å². The standard InChI is InChI=1S/C9H9F3N2S.BrH/c10-9(11,12)7-3-1-6(2-4-7)5-15-8(13)14;/h1-4H,5H2,(H3,13,14);1H. The van der Waals surface area contributed by atoms with Gasteiger partial charge in [0.2, 0.25) is 0 Å². The number of alkyl halides is 3. The zero-order chi connectivity index (χ0) is 11.5. The van der Waals surface area contributed by atoms with Gasteiger partial charge >= 0.3 is 6.18 Å². The van der Waals surface area contributed by atoms with Gasteiger partial charge < -0.3 is 5.73 Å². The van der Waals surface area contributed by atoms with Crippen LogP contribution in [-0.2, 0) is 11.9 Å². The predicted molar refractivity (Wildman–Crippen MR) is 65.0 cm³/mol. The molecule has 0 aromatic heterocycles. The Balaban J connectivity index is 0.00000225. The molecule has 0 saturated heterocycles. The predicted octanol–water partition coefficient (Wildman–Crippen LogP) is 3.41. The van der Waals surface area contributed by atoms with E-state index in [1.165, 1.54) is 12.1 Å². The molecule has 7 heteroatoms. The summed E-state index contributed by atoms with van der Waals surface area (Å²) in [6, 6.07) is 4.82. The van der Waals surface area contributed by atoms with Crippen LogP contribution in [0.4, 0.5) is 13.2 Å². The first-order valence-electron chi connectivity index (χ1n) is 4.02. The van der Waals surface area contributed by atoms with Crippen molar-refractivity contribution in [2.75, 3.05) is 0 Å². The summed E-state index contributed by atoms with van der Waals surface area (Å²) in [7, 11) is 0. The van der Waals surface area contributed by atoms with Crippen molar-refractivity contribution in [3.8, 4) is 0 Å². The van der Waals surface area contributed by atoms with Gasteiger partial charge in [0.15, 0.2) is 5.17 Å². The van der Waals surface area contributed by atoms with Crippen molar-refractivity contribution in [1.29, 1.82) is 5.41 Å². The number of hydrogen-bond acceptors (Lipinski definition) is 2. The summed E-state index contributed by atoms with van der Waals surface area (Å²) in [5.74, 6) is 0.410. The van der Waals surface area contributed by atoms with Crippen LogP contribution in [0.1, 0.15) is 11.1 Å². The molecule has 0 heterocycles. The Hall–Kier alpha value is -0.690. The number of rotatable bonds is 2. The topological polar surface area (TPSA) is 49.9 Å². The maximum atomic E-state index is 12.2. The maximum Gasteiger partial charge on any atom is 0.416 e. The third kappa shape index (κ3) is 4.89. The average Bonchev–Trinajstić information content (AvgIpc) is 2.14. The second-order valence-electron chi connectivity index (χ2n) is 2.85. The highest BCUT2D eigenvalue weighted by Gasteiger charge is 2.29. The van der Waals surface area contributed by atoms with Crippen LogP contribution >= 0.6 is 28.7 Å². The second-order valence-corrected chi connectivity index (χ2v) is 3.86. The fourth-order valence-electron chi connectivity index (χ4n) is 0.951. The van der Waals surface area contributed by atoms with Crippen molar-refractivity contribution in [2.45, 2.75) is 11.9 Å². The number of halogens is 4. The van der Waals surface area contributed by atoms with Crippen LogP contribution in [0, 0.1) is 5.41 Å². The van der Waals surface area contributed by atoms with Gasteiger partial charge in [-0.25, -0.2) is 0 Å². The lowest BCUT2D eigenvalue weighted by atomic mass is 10.1. The Kier molecular flexibility index (Phi) is 5.88. The molecule has 0 spiro atoms. The largest absolute Gasteiger partial charge is 0.416 e. The van der Waals surface area contributed by atoms with Crippen LogP contribution in [0.25, 0.3) is 0 Å². The van der Waals surface area contributed by atoms with E-state index in [1.54, 1.807) is 0 Å². The summed E-state index contributed by atoms with van der Waals surface area (Å²) >= 11 is 1.08. The molecule has 0 fully saturated rings. The molecule has 0 radical (unpaired) electrons. The van der Waals surface area contributed by atoms with Crippen LogP contribution in [0.2, 0.25) is 0 Å². The fraction of sp³-hybridized carbons (Fsp3) is 0.222. The molecular formula is C9H10BrF3N2S. The molecule has 90 valence electrons. The molecule has 3 N–H and O–H groups in total. The van der Waals surface area contributed by atoms with Crippen LogP contribution in [0.3, 0.4) is 0 Å². The summed E-state index contributed by atoms with van der Waals surface area (Å²) in [6.45, 7) is 0. The second kappa shape index (κ2) is 6.15. The highest BCUT2D eigenvalue weighted by molar-refractivity contribution is 8.93. The number of benzene rings is 1. The molecule has 0 aliphatic heterocycles. The first kappa shape index (κ1) is 15.3. The van der Waals surface area contributed by atoms with E-state index in [1.807, 2.05) is 0 Å². The Morgan fingerprint density at radius 1 is 1.25 bits per heavy atom. The monoisotopic (exact) mass is 314 g/mol. The highest BCUT2D eigenvalue weighted by atomic mass is 79.9. The van der Waals surface area contributed by atoms with Gasteiger partial charge in [0.25, 0.3) is 0 Å². The van der Waals surface area contributed by atoms with Gasteiger partial charge in [-0.15, -0.1) is 17.0 Å². The van der Waals surface area contributed by atoms with E-state index in [0.717, 1.165) is 23.9 Å². The quantitative estimate of drug-likeness (QED) is 0.649.